The minimum atomic E-state index is 0.778. The SMILES string of the molecule is C1=Cc2cccc3cccc(c23)C1.C1COCCO1. The lowest BCUT2D eigenvalue weighted by atomic mass is 9.93. The lowest BCUT2D eigenvalue weighted by Gasteiger charge is -2.11. The molecule has 98 valence electrons. The van der Waals surface area contributed by atoms with Crippen molar-refractivity contribution in [2.75, 3.05) is 26.4 Å². The Morgan fingerprint density at radius 1 is 0.789 bits per heavy atom. The molecule has 0 aromatic heterocycles. The molecular formula is C17H18O2. The van der Waals surface area contributed by atoms with Gasteiger partial charge in [0.05, 0.1) is 26.4 Å². The third-order valence-corrected chi connectivity index (χ3v) is 3.40. The topological polar surface area (TPSA) is 18.5 Å². The van der Waals surface area contributed by atoms with Gasteiger partial charge in [-0.25, -0.2) is 0 Å². The lowest BCUT2D eigenvalue weighted by Crippen LogP contribution is -2.16. The highest BCUT2D eigenvalue weighted by molar-refractivity contribution is 5.94. The van der Waals surface area contributed by atoms with Crippen LogP contribution in [-0.4, -0.2) is 26.4 Å². The van der Waals surface area contributed by atoms with E-state index in [1.165, 1.54) is 21.9 Å². The van der Waals surface area contributed by atoms with E-state index in [0.717, 1.165) is 32.8 Å². The van der Waals surface area contributed by atoms with Crippen LogP contribution in [0.15, 0.2) is 42.5 Å². The van der Waals surface area contributed by atoms with Crippen molar-refractivity contribution in [3.05, 3.63) is 53.6 Å². The largest absolute Gasteiger partial charge is 0.377 e. The fraction of sp³-hybridized carbons (Fsp3) is 0.294. The normalized spacial score (nSPS) is 16.8. The molecule has 0 bridgehead atoms. The molecule has 1 aliphatic carbocycles. The fourth-order valence-corrected chi connectivity index (χ4v) is 2.51. The Hall–Kier alpha value is -1.64. The number of benzene rings is 2. The highest BCUT2D eigenvalue weighted by Gasteiger charge is 2.06. The quantitative estimate of drug-likeness (QED) is 0.717. The second kappa shape index (κ2) is 6.00. The van der Waals surface area contributed by atoms with E-state index in [1.54, 1.807) is 0 Å². The van der Waals surface area contributed by atoms with E-state index < -0.39 is 0 Å². The Labute approximate surface area is 113 Å². The van der Waals surface area contributed by atoms with Gasteiger partial charge in [-0.2, -0.15) is 0 Å². The van der Waals surface area contributed by atoms with Crippen molar-refractivity contribution < 1.29 is 9.47 Å². The van der Waals surface area contributed by atoms with Gasteiger partial charge in [0, 0.05) is 0 Å². The Kier molecular flexibility index (Phi) is 3.92. The zero-order chi connectivity index (χ0) is 12.9. The highest BCUT2D eigenvalue weighted by atomic mass is 16.6. The maximum atomic E-state index is 4.94. The molecule has 1 saturated heterocycles. The zero-order valence-corrected chi connectivity index (χ0v) is 11.0. The van der Waals surface area contributed by atoms with E-state index in [1.807, 2.05) is 0 Å². The molecule has 0 N–H and O–H groups in total. The molecule has 1 aliphatic heterocycles. The first-order chi connectivity index (χ1) is 9.45. The minimum Gasteiger partial charge on any atom is -0.377 e. The standard InChI is InChI=1S/C13H10.C4H8O2/c1-4-10-6-2-8-12-9-3-7-11(5-1)13(10)12;1-2-6-4-3-5-1/h1-8H,9H2;1-4H2. The van der Waals surface area contributed by atoms with Crippen LogP contribution in [0, 0.1) is 0 Å². The maximum absolute atomic E-state index is 4.94. The van der Waals surface area contributed by atoms with Crippen LogP contribution in [0.5, 0.6) is 0 Å². The molecule has 19 heavy (non-hydrogen) atoms. The molecule has 0 atom stereocenters. The Bertz CT molecular complexity index is 566. The van der Waals surface area contributed by atoms with E-state index >= 15 is 0 Å². The van der Waals surface area contributed by atoms with E-state index in [4.69, 9.17) is 9.47 Å². The monoisotopic (exact) mass is 254 g/mol. The lowest BCUT2D eigenvalue weighted by molar-refractivity contribution is -0.0334. The predicted octanol–water partition coefficient (Wildman–Crippen LogP) is 3.44. The van der Waals surface area contributed by atoms with Crippen molar-refractivity contribution in [1.29, 1.82) is 0 Å². The molecule has 0 saturated carbocycles. The Balaban J connectivity index is 0.000000155. The second-order valence-electron chi connectivity index (χ2n) is 4.69. The summed E-state index contributed by atoms with van der Waals surface area (Å²) in [5.74, 6) is 0. The van der Waals surface area contributed by atoms with Crippen LogP contribution in [0.3, 0.4) is 0 Å². The van der Waals surface area contributed by atoms with Crippen molar-refractivity contribution in [2.45, 2.75) is 6.42 Å². The van der Waals surface area contributed by atoms with Gasteiger partial charge >= 0.3 is 0 Å². The zero-order valence-electron chi connectivity index (χ0n) is 11.0. The van der Waals surface area contributed by atoms with Gasteiger partial charge in [-0.1, -0.05) is 48.6 Å². The molecule has 0 amide bonds. The number of ether oxygens (including phenoxy) is 2. The summed E-state index contributed by atoms with van der Waals surface area (Å²) in [7, 11) is 0. The van der Waals surface area contributed by atoms with Gasteiger partial charge in [-0.05, 0) is 28.3 Å². The number of rotatable bonds is 0. The van der Waals surface area contributed by atoms with Crippen LogP contribution in [0.1, 0.15) is 11.1 Å². The van der Waals surface area contributed by atoms with Crippen molar-refractivity contribution in [3.8, 4) is 0 Å². The molecule has 1 heterocycles. The predicted molar refractivity (Wildman–Crippen MR) is 78.3 cm³/mol. The molecule has 1 fully saturated rings. The van der Waals surface area contributed by atoms with Gasteiger partial charge in [0.15, 0.2) is 0 Å². The van der Waals surface area contributed by atoms with Gasteiger partial charge in [0.2, 0.25) is 0 Å². The van der Waals surface area contributed by atoms with Gasteiger partial charge < -0.3 is 9.47 Å². The van der Waals surface area contributed by atoms with E-state index in [-0.39, 0.29) is 0 Å². The van der Waals surface area contributed by atoms with Crippen LogP contribution in [-0.2, 0) is 15.9 Å². The molecule has 0 spiro atoms. The molecule has 2 heteroatoms. The van der Waals surface area contributed by atoms with Gasteiger partial charge in [-0.15, -0.1) is 0 Å². The summed E-state index contributed by atoms with van der Waals surface area (Å²) < 4.78 is 9.89. The van der Waals surface area contributed by atoms with E-state index in [2.05, 4.69) is 48.6 Å². The second-order valence-corrected chi connectivity index (χ2v) is 4.69. The van der Waals surface area contributed by atoms with Crippen molar-refractivity contribution in [3.63, 3.8) is 0 Å². The summed E-state index contributed by atoms with van der Waals surface area (Å²) in [6.45, 7) is 3.11. The molecule has 2 aliphatic rings. The summed E-state index contributed by atoms with van der Waals surface area (Å²) in [6.07, 6.45) is 5.53. The van der Waals surface area contributed by atoms with Gasteiger partial charge in [-0.3, -0.25) is 0 Å². The molecule has 2 nitrogen and oxygen atoms in total. The smallest absolute Gasteiger partial charge is 0.0701 e. The van der Waals surface area contributed by atoms with E-state index in [0.29, 0.717) is 0 Å². The fourth-order valence-electron chi connectivity index (χ4n) is 2.51. The highest BCUT2D eigenvalue weighted by Crippen LogP contribution is 2.27. The Morgan fingerprint density at radius 2 is 1.47 bits per heavy atom. The van der Waals surface area contributed by atoms with Gasteiger partial charge in [0.1, 0.15) is 0 Å². The summed E-state index contributed by atoms with van der Waals surface area (Å²) in [4.78, 5) is 0. The first-order valence-corrected chi connectivity index (χ1v) is 6.78. The number of hydrogen-bond acceptors (Lipinski definition) is 2. The number of allylic oxidation sites excluding steroid dienone is 1. The maximum Gasteiger partial charge on any atom is 0.0701 e. The van der Waals surface area contributed by atoms with E-state index in [9.17, 15) is 0 Å². The first-order valence-electron chi connectivity index (χ1n) is 6.78. The van der Waals surface area contributed by atoms with Gasteiger partial charge in [0.25, 0.3) is 0 Å². The first kappa shape index (κ1) is 12.4. The molecule has 2 aromatic carbocycles. The molecule has 0 unspecified atom stereocenters. The molecule has 4 rings (SSSR count). The van der Waals surface area contributed by atoms with Crippen molar-refractivity contribution in [2.24, 2.45) is 0 Å². The van der Waals surface area contributed by atoms with Crippen molar-refractivity contribution in [1.82, 2.24) is 0 Å². The van der Waals surface area contributed by atoms with Crippen LogP contribution in [0.25, 0.3) is 16.8 Å². The minimum absolute atomic E-state index is 0.778. The average Bonchev–Trinajstić information content (AvgIpc) is 2.51. The van der Waals surface area contributed by atoms with Crippen LogP contribution in [0.2, 0.25) is 0 Å². The van der Waals surface area contributed by atoms with Crippen LogP contribution >= 0.6 is 0 Å². The Morgan fingerprint density at radius 3 is 2.16 bits per heavy atom. The van der Waals surface area contributed by atoms with Crippen LogP contribution < -0.4 is 0 Å². The third-order valence-electron chi connectivity index (χ3n) is 3.40. The summed E-state index contributed by atoms with van der Waals surface area (Å²) in [5, 5.41) is 2.80. The van der Waals surface area contributed by atoms with Crippen molar-refractivity contribution >= 4 is 16.8 Å². The third kappa shape index (κ3) is 2.86. The summed E-state index contributed by atoms with van der Waals surface area (Å²) in [6, 6.07) is 13.0. The summed E-state index contributed by atoms with van der Waals surface area (Å²) in [5.41, 5.74) is 2.81. The molecule has 2 aromatic rings. The average molecular weight is 254 g/mol. The van der Waals surface area contributed by atoms with Crippen LogP contribution in [0.4, 0.5) is 0 Å². The molecular weight excluding hydrogens is 236 g/mol. The molecule has 0 radical (unpaired) electrons. The number of hydrogen-bond donors (Lipinski definition) is 0. The summed E-state index contributed by atoms with van der Waals surface area (Å²) >= 11 is 0.